The Labute approximate surface area is 130 Å². The second kappa shape index (κ2) is 5.87. The van der Waals surface area contributed by atoms with Gasteiger partial charge in [-0.05, 0) is 29.8 Å². The van der Waals surface area contributed by atoms with Gasteiger partial charge in [0.15, 0.2) is 11.0 Å². The average Bonchev–Trinajstić information content (AvgIpc) is 2.81. The predicted molar refractivity (Wildman–Crippen MR) is 87.3 cm³/mol. The molecule has 3 rings (SSSR count). The number of imidazole rings is 1. The molecule has 3 aromatic rings. The second-order valence-electron chi connectivity index (χ2n) is 5.33. The summed E-state index contributed by atoms with van der Waals surface area (Å²) in [5, 5.41) is 9.06. The Bertz CT molecular complexity index is 881. The molecular weight excluding hydrogens is 270 g/mol. The van der Waals surface area contributed by atoms with Crippen LogP contribution in [0.25, 0.3) is 11.0 Å². The third-order valence-electron chi connectivity index (χ3n) is 3.95. The van der Waals surface area contributed by atoms with Crippen LogP contribution in [0.1, 0.15) is 17.0 Å². The lowest BCUT2D eigenvalue weighted by Gasteiger charge is -2.02. The van der Waals surface area contributed by atoms with Crippen LogP contribution in [0.4, 0.5) is 0 Å². The van der Waals surface area contributed by atoms with Crippen LogP contribution in [-0.2, 0) is 13.1 Å². The van der Waals surface area contributed by atoms with E-state index in [1.165, 1.54) is 16.9 Å². The molecule has 1 aromatic heterocycles. The Balaban J connectivity index is 2.12. The number of rotatable bonds is 4. The first-order valence-electron chi connectivity index (χ1n) is 7.32. The lowest BCUT2D eigenvalue weighted by Crippen LogP contribution is -2.37. The maximum atomic E-state index is 9.06. The van der Waals surface area contributed by atoms with Gasteiger partial charge in [-0.25, -0.2) is 9.13 Å². The molecule has 0 radical (unpaired) electrons. The maximum absolute atomic E-state index is 9.06. The van der Waals surface area contributed by atoms with Crippen LogP contribution in [0.2, 0.25) is 0 Å². The Morgan fingerprint density at radius 2 is 2.05 bits per heavy atom. The molecule has 0 bridgehead atoms. The lowest BCUT2D eigenvalue weighted by atomic mass is 10.1. The van der Waals surface area contributed by atoms with Crippen molar-refractivity contribution in [1.29, 1.82) is 5.26 Å². The summed E-state index contributed by atoms with van der Waals surface area (Å²) >= 11 is 0. The highest BCUT2D eigenvalue weighted by atomic mass is 15.2. The smallest absolute Gasteiger partial charge is 0.224 e. The molecule has 108 valence electrons. The Kier molecular flexibility index (Phi) is 3.76. The molecule has 0 saturated carbocycles. The monoisotopic (exact) mass is 288 g/mol. The van der Waals surface area contributed by atoms with Crippen LogP contribution in [0.3, 0.4) is 0 Å². The third-order valence-corrected chi connectivity index (χ3v) is 3.95. The molecule has 0 unspecified atom stereocenters. The van der Waals surface area contributed by atoms with E-state index in [-0.39, 0.29) is 0 Å². The van der Waals surface area contributed by atoms with Crippen molar-refractivity contribution < 1.29 is 4.57 Å². The van der Waals surface area contributed by atoms with Gasteiger partial charge in [-0.3, -0.25) is 0 Å². The van der Waals surface area contributed by atoms with Gasteiger partial charge in [0, 0.05) is 6.92 Å². The van der Waals surface area contributed by atoms with Crippen molar-refractivity contribution in [3.8, 4) is 6.07 Å². The molecule has 3 nitrogen and oxygen atoms in total. The van der Waals surface area contributed by atoms with E-state index in [0.29, 0.717) is 5.56 Å². The van der Waals surface area contributed by atoms with Crippen molar-refractivity contribution in [3.05, 3.63) is 78.1 Å². The van der Waals surface area contributed by atoms with E-state index < -0.39 is 0 Å². The molecule has 1 heterocycles. The van der Waals surface area contributed by atoms with E-state index in [9.17, 15) is 0 Å². The normalized spacial score (nSPS) is 10.5. The zero-order valence-electron chi connectivity index (χ0n) is 12.7. The van der Waals surface area contributed by atoms with Crippen molar-refractivity contribution in [2.45, 2.75) is 20.0 Å². The number of para-hydroxylation sites is 2. The third kappa shape index (κ3) is 2.40. The molecule has 0 aliphatic heterocycles. The highest BCUT2D eigenvalue weighted by molar-refractivity contribution is 5.72. The highest BCUT2D eigenvalue weighted by Gasteiger charge is 2.20. The molecule has 0 fully saturated rings. The summed E-state index contributed by atoms with van der Waals surface area (Å²) in [5.74, 6) is 1.18. The fourth-order valence-corrected chi connectivity index (χ4v) is 2.90. The summed E-state index contributed by atoms with van der Waals surface area (Å²) in [6.07, 6.45) is 1.92. The first-order valence-corrected chi connectivity index (χ1v) is 7.32. The zero-order valence-corrected chi connectivity index (χ0v) is 12.7. The van der Waals surface area contributed by atoms with Crippen molar-refractivity contribution in [2.75, 3.05) is 0 Å². The summed E-state index contributed by atoms with van der Waals surface area (Å²) in [5.41, 5.74) is 4.24. The molecule has 0 amide bonds. The standard InChI is InChI=1S/C19H18N3/c1-3-11-21-15(2)22(19-10-5-4-9-18(19)21)14-17-8-6-7-16(12-17)13-20/h3-10,12H,1,11,14H2,2H3/q+1. The summed E-state index contributed by atoms with van der Waals surface area (Å²) in [4.78, 5) is 0. The van der Waals surface area contributed by atoms with Crippen LogP contribution in [0.5, 0.6) is 0 Å². The number of allylic oxidation sites excluding steroid dienone is 1. The Morgan fingerprint density at radius 3 is 2.82 bits per heavy atom. The van der Waals surface area contributed by atoms with Gasteiger partial charge in [0.2, 0.25) is 0 Å². The van der Waals surface area contributed by atoms with Crippen molar-refractivity contribution in [1.82, 2.24) is 4.57 Å². The van der Waals surface area contributed by atoms with Gasteiger partial charge in [0.1, 0.15) is 13.1 Å². The number of nitriles is 1. The summed E-state index contributed by atoms with van der Waals surface area (Å²) in [6.45, 7) is 7.52. The van der Waals surface area contributed by atoms with Gasteiger partial charge in [0.05, 0.1) is 11.6 Å². The van der Waals surface area contributed by atoms with Gasteiger partial charge in [-0.1, -0.05) is 36.9 Å². The summed E-state index contributed by atoms with van der Waals surface area (Å²) < 4.78 is 4.55. The molecule has 0 N–H and O–H groups in total. The fraction of sp³-hybridized carbons (Fsp3) is 0.158. The molecule has 0 aliphatic carbocycles. The van der Waals surface area contributed by atoms with Crippen LogP contribution >= 0.6 is 0 Å². The van der Waals surface area contributed by atoms with E-state index in [1.54, 1.807) is 0 Å². The zero-order chi connectivity index (χ0) is 15.5. The van der Waals surface area contributed by atoms with Gasteiger partial charge in [0.25, 0.3) is 5.82 Å². The minimum Gasteiger partial charge on any atom is -0.224 e. The van der Waals surface area contributed by atoms with E-state index in [1.807, 2.05) is 24.3 Å². The molecule has 3 heteroatoms. The van der Waals surface area contributed by atoms with Crippen LogP contribution < -0.4 is 4.57 Å². The fourth-order valence-electron chi connectivity index (χ4n) is 2.90. The topological polar surface area (TPSA) is 32.6 Å². The minimum atomic E-state index is 0.700. The van der Waals surface area contributed by atoms with E-state index >= 15 is 0 Å². The van der Waals surface area contributed by atoms with Crippen LogP contribution in [0, 0.1) is 18.3 Å². The Morgan fingerprint density at radius 1 is 1.23 bits per heavy atom. The first kappa shape index (κ1) is 14.1. The second-order valence-corrected chi connectivity index (χ2v) is 5.33. The number of hydrogen-bond donors (Lipinski definition) is 0. The van der Waals surface area contributed by atoms with Gasteiger partial charge >= 0.3 is 0 Å². The molecular formula is C19H18N3+. The maximum Gasteiger partial charge on any atom is 0.254 e. The molecule has 0 atom stereocenters. The van der Waals surface area contributed by atoms with E-state index in [2.05, 4.69) is 59.0 Å². The lowest BCUT2D eigenvalue weighted by molar-refractivity contribution is -0.669. The Hall–Kier alpha value is -2.86. The SMILES string of the molecule is C=CCn1c(C)[n+](Cc2cccc(C#N)c2)c2ccccc21. The average molecular weight is 288 g/mol. The molecule has 22 heavy (non-hydrogen) atoms. The summed E-state index contributed by atoms with van der Waals surface area (Å²) in [6, 6.07) is 18.4. The van der Waals surface area contributed by atoms with Crippen LogP contribution in [0.15, 0.2) is 61.2 Å². The summed E-state index contributed by atoms with van der Waals surface area (Å²) in [7, 11) is 0. The molecule has 0 saturated heterocycles. The molecule has 0 aliphatic rings. The highest BCUT2D eigenvalue weighted by Crippen LogP contribution is 2.15. The van der Waals surface area contributed by atoms with E-state index in [0.717, 1.165) is 18.7 Å². The van der Waals surface area contributed by atoms with Crippen molar-refractivity contribution in [2.24, 2.45) is 0 Å². The largest absolute Gasteiger partial charge is 0.254 e. The predicted octanol–water partition coefficient (Wildman–Crippen LogP) is 3.34. The quantitative estimate of drug-likeness (QED) is 0.535. The minimum absolute atomic E-state index is 0.700. The van der Waals surface area contributed by atoms with Gasteiger partial charge in [-0.15, -0.1) is 0 Å². The number of benzene rings is 2. The molecule has 2 aromatic carbocycles. The van der Waals surface area contributed by atoms with E-state index in [4.69, 9.17) is 5.26 Å². The van der Waals surface area contributed by atoms with Gasteiger partial charge in [-0.2, -0.15) is 5.26 Å². The van der Waals surface area contributed by atoms with Crippen LogP contribution in [-0.4, -0.2) is 4.57 Å². The van der Waals surface area contributed by atoms with Gasteiger partial charge < -0.3 is 0 Å². The first-order chi connectivity index (χ1) is 10.7. The van der Waals surface area contributed by atoms with Crippen molar-refractivity contribution >= 4 is 11.0 Å². The number of aromatic nitrogens is 2. The van der Waals surface area contributed by atoms with Crippen molar-refractivity contribution in [3.63, 3.8) is 0 Å². The number of hydrogen-bond acceptors (Lipinski definition) is 1. The number of fused-ring (bicyclic) bond motifs is 1. The molecule has 0 spiro atoms. The number of nitrogens with zero attached hydrogens (tertiary/aromatic N) is 3.